The van der Waals surface area contributed by atoms with Crippen molar-refractivity contribution >= 4 is 11.9 Å². The monoisotopic (exact) mass is 259 g/mol. The highest BCUT2D eigenvalue weighted by Gasteiger charge is 2.15. The van der Waals surface area contributed by atoms with E-state index in [0.717, 1.165) is 0 Å². The van der Waals surface area contributed by atoms with Gasteiger partial charge in [-0.3, -0.25) is 4.79 Å². The summed E-state index contributed by atoms with van der Waals surface area (Å²) >= 11 is 0. The highest BCUT2D eigenvalue weighted by molar-refractivity contribution is 5.98. The maximum atomic E-state index is 12.3. The maximum Gasteiger partial charge on any atom is 0.337 e. The Balaban J connectivity index is 3.00. The Hall–Kier alpha value is -2.36. The predicted molar refractivity (Wildman–Crippen MR) is 74.1 cm³/mol. The molecule has 1 amide bonds. The van der Waals surface area contributed by atoms with E-state index in [1.54, 1.807) is 35.3 Å². The Morgan fingerprint density at radius 1 is 1.21 bits per heavy atom. The molecule has 100 valence electrons. The zero-order valence-electron chi connectivity index (χ0n) is 11.0. The second-order valence-corrected chi connectivity index (χ2v) is 3.86. The van der Waals surface area contributed by atoms with E-state index < -0.39 is 5.97 Å². The third kappa shape index (κ3) is 3.81. The second-order valence-electron chi connectivity index (χ2n) is 3.86. The van der Waals surface area contributed by atoms with Crippen molar-refractivity contribution in [2.75, 3.05) is 20.2 Å². The van der Waals surface area contributed by atoms with Gasteiger partial charge < -0.3 is 9.64 Å². The first-order valence-corrected chi connectivity index (χ1v) is 5.83. The number of amides is 1. The van der Waals surface area contributed by atoms with E-state index in [9.17, 15) is 9.59 Å². The van der Waals surface area contributed by atoms with Crippen LogP contribution >= 0.6 is 0 Å². The van der Waals surface area contributed by atoms with Crippen LogP contribution in [0, 0.1) is 0 Å². The first-order valence-electron chi connectivity index (χ1n) is 5.83. The minimum absolute atomic E-state index is 0.175. The molecule has 0 N–H and O–H groups in total. The average Bonchev–Trinajstić information content (AvgIpc) is 2.45. The maximum absolute atomic E-state index is 12.3. The zero-order valence-corrected chi connectivity index (χ0v) is 11.0. The van der Waals surface area contributed by atoms with Crippen molar-refractivity contribution in [3.63, 3.8) is 0 Å². The highest BCUT2D eigenvalue weighted by atomic mass is 16.5. The van der Waals surface area contributed by atoms with Crippen molar-refractivity contribution in [2.45, 2.75) is 0 Å². The molecule has 0 radical (unpaired) electrons. The number of carbonyl (C=O) groups is 2. The number of esters is 1. The summed E-state index contributed by atoms with van der Waals surface area (Å²) in [6.07, 6.45) is 3.29. The molecule has 0 saturated heterocycles. The van der Waals surface area contributed by atoms with Crippen LogP contribution in [0.25, 0.3) is 0 Å². The first kappa shape index (κ1) is 14.7. The quantitative estimate of drug-likeness (QED) is 0.581. The molecule has 0 atom stereocenters. The van der Waals surface area contributed by atoms with Crippen molar-refractivity contribution in [3.05, 3.63) is 60.7 Å². The Bertz CT molecular complexity index is 484. The smallest absolute Gasteiger partial charge is 0.337 e. The lowest BCUT2D eigenvalue weighted by molar-refractivity contribution is 0.0600. The molecule has 0 heterocycles. The van der Waals surface area contributed by atoms with Crippen molar-refractivity contribution in [2.24, 2.45) is 0 Å². The Labute approximate surface area is 113 Å². The number of hydrogen-bond donors (Lipinski definition) is 0. The molecule has 0 saturated carbocycles. The van der Waals surface area contributed by atoms with Crippen molar-refractivity contribution in [1.29, 1.82) is 0 Å². The largest absolute Gasteiger partial charge is 0.465 e. The minimum Gasteiger partial charge on any atom is -0.465 e. The third-order valence-electron chi connectivity index (χ3n) is 2.52. The molecule has 4 heteroatoms. The predicted octanol–water partition coefficient (Wildman–Crippen LogP) is 2.29. The van der Waals surface area contributed by atoms with Gasteiger partial charge in [0, 0.05) is 18.7 Å². The lowest BCUT2D eigenvalue weighted by atomic mass is 10.1. The topological polar surface area (TPSA) is 46.6 Å². The first-order chi connectivity index (χ1) is 9.13. The zero-order chi connectivity index (χ0) is 14.3. The molecule has 0 aliphatic rings. The highest BCUT2D eigenvalue weighted by Crippen LogP contribution is 2.10. The third-order valence-corrected chi connectivity index (χ3v) is 2.52. The van der Waals surface area contributed by atoms with E-state index in [0.29, 0.717) is 24.2 Å². The van der Waals surface area contributed by atoms with E-state index in [1.165, 1.54) is 13.2 Å². The van der Waals surface area contributed by atoms with Gasteiger partial charge in [0.15, 0.2) is 0 Å². The molecule has 19 heavy (non-hydrogen) atoms. The standard InChI is InChI=1S/C15H17NO3/c1-4-9-16(10-5-2)14(17)12-7-6-8-13(11-12)15(18)19-3/h4-8,11H,1-2,9-10H2,3H3. The number of nitrogens with zero attached hydrogens (tertiary/aromatic N) is 1. The molecule has 1 aromatic carbocycles. The molecular formula is C15H17NO3. The lowest BCUT2D eigenvalue weighted by Crippen LogP contribution is -2.31. The van der Waals surface area contributed by atoms with E-state index in [-0.39, 0.29) is 5.91 Å². The van der Waals surface area contributed by atoms with Crippen LogP contribution in [-0.2, 0) is 4.74 Å². The molecule has 0 aliphatic heterocycles. The summed E-state index contributed by atoms with van der Waals surface area (Å²) in [4.78, 5) is 25.3. The van der Waals surface area contributed by atoms with Crippen LogP contribution in [0.5, 0.6) is 0 Å². The van der Waals surface area contributed by atoms with Gasteiger partial charge in [0.25, 0.3) is 5.91 Å². The number of carbonyl (C=O) groups excluding carboxylic acids is 2. The van der Waals surface area contributed by atoms with Crippen molar-refractivity contribution in [3.8, 4) is 0 Å². The van der Waals surface area contributed by atoms with Gasteiger partial charge in [-0.25, -0.2) is 4.79 Å². The normalized spacial score (nSPS) is 9.53. The lowest BCUT2D eigenvalue weighted by Gasteiger charge is -2.19. The molecule has 0 aliphatic carbocycles. The van der Waals surface area contributed by atoms with Gasteiger partial charge in [-0.15, -0.1) is 13.2 Å². The van der Waals surface area contributed by atoms with Crippen LogP contribution in [0.4, 0.5) is 0 Å². The summed E-state index contributed by atoms with van der Waals surface area (Å²) < 4.78 is 4.63. The molecule has 1 rings (SSSR count). The summed E-state index contributed by atoms with van der Waals surface area (Å²) in [6, 6.07) is 6.44. The molecular weight excluding hydrogens is 242 g/mol. The molecule has 1 aromatic rings. The van der Waals surface area contributed by atoms with E-state index in [1.807, 2.05) is 0 Å². The average molecular weight is 259 g/mol. The van der Waals surface area contributed by atoms with Crippen LogP contribution in [0.1, 0.15) is 20.7 Å². The number of benzene rings is 1. The fourth-order valence-electron chi connectivity index (χ4n) is 1.63. The number of rotatable bonds is 6. The molecule has 0 fully saturated rings. The summed E-state index contributed by atoms with van der Waals surface area (Å²) in [5, 5.41) is 0. The number of ether oxygens (including phenoxy) is 1. The summed E-state index contributed by atoms with van der Waals surface area (Å²) in [5.74, 6) is -0.640. The van der Waals surface area contributed by atoms with E-state index in [2.05, 4.69) is 17.9 Å². The Morgan fingerprint density at radius 2 is 1.79 bits per heavy atom. The molecule has 0 bridgehead atoms. The Morgan fingerprint density at radius 3 is 2.32 bits per heavy atom. The van der Waals surface area contributed by atoms with E-state index in [4.69, 9.17) is 0 Å². The fourth-order valence-corrected chi connectivity index (χ4v) is 1.63. The van der Waals surface area contributed by atoms with Crippen molar-refractivity contribution < 1.29 is 14.3 Å². The number of methoxy groups -OCH3 is 1. The van der Waals surface area contributed by atoms with Gasteiger partial charge in [0.1, 0.15) is 0 Å². The van der Waals surface area contributed by atoms with Gasteiger partial charge in [-0.05, 0) is 18.2 Å². The SMILES string of the molecule is C=CCN(CC=C)C(=O)c1cccc(C(=O)OC)c1. The van der Waals surface area contributed by atoms with Crippen LogP contribution < -0.4 is 0 Å². The van der Waals surface area contributed by atoms with Crippen LogP contribution in [0.3, 0.4) is 0 Å². The molecule has 4 nitrogen and oxygen atoms in total. The number of hydrogen-bond acceptors (Lipinski definition) is 3. The van der Waals surface area contributed by atoms with Crippen LogP contribution in [-0.4, -0.2) is 37.0 Å². The summed E-state index contributed by atoms with van der Waals surface area (Å²) in [7, 11) is 1.30. The summed E-state index contributed by atoms with van der Waals surface area (Å²) in [5.41, 5.74) is 0.789. The minimum atomic E-state index is -0.464. The summed E-state index contributed by atoms with van der Waals surface area (Å²) in [6.45, 7) is 8.08. The van der Waals surface area contributed by atoms with Crippen LogP contribution in [0.2, 0.25) is 0 Å². The molecule has 0 unspecified atom stereocenters. The molecule has 0 aromatic heterocycles. The fraction of sp³-hybridized carbons (Fsp3) is 0.200. The van der Waals surface area contributed by atoms with Gasteiger partial charge in [-0.1, -0.05) is 18.2 Å². The second kappa shape index (κ2) is 7.16. The van der Waals surface area contributed by atoms with Crippen molar-refractivity contribution in [1.82, 2.24) is 4.90 Å². The van der Waals surface area contributed by atoms with Crippen LogP contribution in [0.15, 0.2) is 49.6 Å². The van der Waals surface area contributed by atoms with Gasteiger partial charge in [-0.2, -0.15) is 0 Å². The van der Waals surface area contributed by atoms with Gasteiger partial charge in [0.2, 0.25) is 0 Å². The van der Waals surface area contributed by atoms with Gasteiger partial charge >= 0.3 is 5.97 Å². The Kier molecular flexibility index (Phi) is 5.54. The van der Waals surface area contributed by atoms with Gasteiger partial charge in [0.05, 0.1) is 12.7 Å². The van der Waals surface area contributed by atoms with E-state index >= 15 is 0 Å². The molecule has 0 spiro atoms.